The van der Waals surface area contributed by atoms with Crippen LogP contribution in [0.3, 0.4) is 0 Å². The molecule has 8 heteroatoms. The summed E-state index contributed by atoms with van der Waals surface area (Å²) in [6.45, 7) is 1.38. The zero-order chi connectivity index (χ0) is 18.8. The maximum absolute atomic E-state index is 13.7. The molecule has 0 saturated heterocycles. The molecular formula is C18H13F4N3O. The summed E-state index contributed by atoms with van der Waals surface area (Å²) >= 11 is 0. The first-order chi connectivity index (χ1) is 12.3. The van der Waals surface area contributed by atoms with Crippen molar-refractivity contribution in [3.05, 3.63) is 82.7 Å². The fourth-order valence-electron chi connectivity index (χ4n) is 2.41. The molecule has 4 nitrogen and oxygen atoms in total. The average molecular weight is 363 g/mol. The normalized spacial score (nSPS) is 10.8. The molecule has 0 aliphatic carbocycles. The highest BCUT2D eigenvalue weighted by Crippen LogP contribution is 2.20. The van der Waals surface area contributed by atoms with E-state index in [1.807, 2.05) is 13.0 Å². The molecule has 0 fully saturated rings. The molecule has 0 spiro atoms. The quantitative estimate of drug-likeness (QED) is 0.432. The molecule has 1 aromatic heterocycles. The standard InChI is InChI=1S/C18H13F4N3O/c1-10-3-2-4-11(5-10)18(26)24-12-7-23-25(8-12)9-13-14(19)6-15(20)17(22)16(13)21/h2-8H,9H2,1H3,(H,24,26). The number of rotatable bonds is 4. The van der Waals surface area contributed by atoms with Crippen LogP contribution >= 0.6 is 0 Å². The lowest BCUT2D eigenvalue weighted by Crippen LogP contribution is -2.11. The SMILES string of the molecule is Cc1cccc(C(=O)Nc2cnn(Cc3c(F)cc(F)c(F)c3F)c2)c1. The number of aryl methyl sites for hydroxylation is 1. The highest BCUT2D eigenvalue weighted by atomic mass is 19.2. The Morgan fingerprint density at radius 2 is 1.88 bits per heavy atom. The van der Waals surface area contributed by atoms with E-state index in [1.165, 1.54) is 12.4 Å². The van der Waals surface area contributed by atoms with Gasteiger partial charge in [0.1, 0.15) is 5.82 Å². The maximum Gasteiger partial charge on any atom is 0.255 e. The predicted octanol–water partition coefficient (Wildman–Crippen LogP) is 4.05. The molecule has 134 valence electrons. The third kappa shape index (κ3) is 3.58. The number of hydrogen-bond acceptors (Lipinski definition) is 2. The third-order valence-electron chi connectivity index (χ3n) is 3.70. The van der Waals surface area contributed by atoms with Gasteiger partial charge in [-0.2, -0.15) is 5.10 Å². The minimum absolute atomic E-state index is 0.275. The number of carbonyl (C=O) groups excluding carboxylic acids is 1. The summed E-state index contributed by atoms with van der Waals surface area (Å²) in [6, 6.07) is 7.20. The molecule has 0 atom stereocenters. The Hall–Kier alpha value is -3.16. The first kappa shape index (κ1) is 17.7. The molecule has 1 heterocycles. The van der Waals surface area contributed by atoms with E-state index in [9.17, 15) is 22.4 Å². The number of aromatic nitrogens is 2. The van der Waals surface area contributed by atoms with Crippen molar-refractivity contribution < 1.29 is 22.4 Å². The summed E-state index contributed by atoms with van der Waals surface area (Å²) in [6.07, 6.45) is 2.61. The van der Waals surface area contributed by atoms with Crippen molar-refractivity contribution in [3.63, 3.8) is 0 Å². The van der Waals surface area contributed by atoms with Crippen molar-refractivity contribution in [2.24, 2.45) is 0 Å². The molecule has 3 rings (SSSR count). The van der Waals surface area contributed by atoms with E-state index in [1.54, 1.807) is 18.2 Å². The predicted molar refractivity (Wildman–Crippen MR) is 86.7 cm³/mol. The molecule has 2 aromatic carbocycles. The third-order valence-corrected chi connectivity index (χ3v) is 3.70. The molecule has 26 heavy (non-hydrogen) atoms. The lowest BCUT2D eigenvalue weighted by Gasteiger charge is -2.07. The number of benzene rings is 2. The van der Waals surface area contributed by atoms with Crippen molar-refractivity contribution in [2.45, 2.75) is 13.5 Å². The molecule has 3 aromatic rings. The van der Waals surface area contributed by atoms with Crippen molar-refractivity contribution in [2.75, 3.05) is 5.32 Å². The molecule has 0 unspecified atom stereocenters. The Morgan fingerprint density at radius 3 is 2.62 bits per heavy atom. The molecule has 0 bridgehead atoms. The van der Waals surface area contributed by atoms with Crippen molar-refractivity contribution in [3.8, 4) is 0 Å². The average Bonchev–Trinajstić information content (AvgIpc) is 3.04. The van der Waals surface area contributed by atoms with Crippen molar-refractivity contribution in [1.82, 2.24) is 9.78 Å². The van der Waals surface area contributed by atoms with Crippen LogP contribution in [0.4, 0.5) is 23.2 Å². The molecular weight excluding hydrogens is 350 g/mol. The summed E-state index contributed by atoms with van der Waals surface area (Å²) < 4.78 is 54.8. The van der Waals surface area contributed by atoms with Crippen LogP contribution < -0.4 is 5.32 Å². The number of carbonyl (C=O) groups is 1. The lowest BCUT2D eigenvalue weighted by molar-refractivity contribution is 0.102. The van der Waals surface area contributed by atoms with Gasteiger partial charge in [-0.3, -0.25) is 9.48 Å². The van der Waals surface area contributed by atoms with E-state index >= 15 is 0 Å². The zero-order valence-corrected chi connectivity index (χ0v) is 13.6. The number of nitrogens with zero attached hydrogens (tertiary/aromatic N) is 2. The second-order valence-electron chi connectivity index (χ2n) is 5.70. The fraction of sp³-hybridized carbons (Fsp3) is 0.111. The van der Waals surface area contributed by atoms with E-state index in [0.29, 0.717) is 11.3 Å². The zero-order valence-electron chi connectivity index (χ0n) is 13.6. The second-order valence-corrected chi connectivity index (χ2v) is 5.70. The summed E-state index contributed by atoms with van der Waals surface area (Å²) in [7, 11) is 0. The number of nitrogens with one attached hydrogen (secondary N) is 1. The number of amides is 1. The van der Waals surface area contributed by atoms with Crippen LogP contribution in [0, 0.1) is 30.2 Å². The Bertz CT molecular complexity index is 985. The summed E-state index contributed by atoms with van der Waals surface area (Å²) in [4.78, 5) is 12.2. The van der Waals surface area contributed by atoms with E-state index in [0.717, 1.165) is 10.2 Å². The van der Waals surface area contributed by atoms with Gasteiger partial charge < -0.3 is 5.32 Å². The van der Waals surface area contributed by atoms with E-state index in [-0.39, 0.29) is 12.0 Å². The maximum atomic E-state index is 13.7. The van der Waals surface area contributed by atoms with Gasteiger partial charge in [-0.15, -0.1) is 0 Å². The lowest BCUT2D eigenvalue weighted by atomic mass is 10.1. The smallest absolute Gasteiger partial charge is 0.255 e. The van der Waals surface area contributed by atoms with Gasteiger partial charge in [0.25, 0.3) is 5.91 Å². The number of halogens is 4. The largest absolute Gasteiger partial charge is 0.319 e. The van der Waals surface area contributed by atoms with Crippen LogP contribution in [-0.2, 0) is 6.54 Å². The summed E-state index contributed by atoms with van der Waals surface area (Å²) in [5.74, 6) is -6.55. The Morgan fingerprint density at radius 1 is 1.12 bits per heavy atom. The number of anilines is 1. The van der Waals surface area contributed by atoms with E-state index < -0.39 is 35.4 Å². The van der Waals surface area contributed by atoms with Crippen LogP contribution in [-0.4, -0.2) is 15.7 Å². The highest BCUT2D eigenvalue weighted by Gasteiger charge is 2.19. The molecule has 0 aliphatic rings. The van der Waals surface area contributed by atoms with Crippen LogP contribution in [0.2, 0.25) is 0 Å². The van der Waals surface area contributed by atoms with Gasteiger partial charge in [0.15, 0.2) is 17.5 Å². The van der Waals surface area contributed by atoms with Gasteiger partial charge in [-0.05, 0) is 19.1 Å². The summed E-state index contributed by atoms with van der Waals surface area (Å²) in [5, 5.41) is 6.46. The van der Waals surface area contributed by atoms with Crippen LogP contribution in [0.5, 0.6) is 0 Å². The first-order valence-corrected chi connectivity index (χ1v) is 7.57. The monoisotopic (exact) mass is 363 g/mol. The highest BCUT2D eigenvalue weighted by molar-refractivity contribution is 6.04. The molecule has 0 radical (unpaired) electrons. The fourth-order valence-corrected chi connectivity index (χ4v) is 2.41. The van der Waals surface area contributed by atoms with Crippen LogP contribution in [0.25, 0.3) is 0 Å². The number of hydrogen-bond donors (Lipinski definition) is 1. The van der Waals surface area contributed by atoms with E-state index in [4.69, 9.17) is 0 Å². The Labute approximate surface area is 146 Å². The van der Waals surface area contributed by atoms with Gasteiger partial charge in [0, 0.05) is 23.4 Å². The van der Waals surface area contributed by atoms with Crippen LogP contribution in [0.1, 0.15) is 21.5 Å². The van der Waals surface area contributed by atoms with Crippen molar-refractivity contribution in [1.29, 1.82) is 0 Å². The minimum Gasteiger partial charge on any atom is -0.319 e. The van der Waals surface area contributed by atoms with Gasteiger partial charge >= 0.3 is 0 Å². The van der Waals surface area contributed by atoms with Crippen molar-refractivity contribution >= 4 is 11.6 Å². The Kier molecular flexibility index (Phi) is 4.75. The van der Waals surface area contributed by atoms with E-state index in [2.05, 4.69) is 10.4 Å². The van der Waals surface area contributed by atoms with Gasteiger partial charge in [-0.25, -0.2) is 17.6 Å². The topological polar surface area (TPSA) is 46.9 Å². The minimum atomic E-state index is -1.75. The van der Waals surface area contributed by atoms with Gasteiger partial charge in [0.05, 0.1) is 18.4 Å². The van der Waals surface area contributed by atoms with Gasteiger partial charge in [0.2, 0.25) is 0 Å². The molecule has 0 aliphatic heterocycles. The summed E-state index contributed by atoms with van der Waals surface area (Å²) in [5.41, 5.74) is 0.983. The molecule has 0 saturated carbocycles. The Balaban J connectivity index is 1.77. The van der Waals surface area contributed by atoms with Crippen LogP contribution in [0.15, 0.2) is 42.7 Å². The first-order valence-electron chi connectivity index (χ1n) is 7.57. The van der Waals surface area contributed by atoms with Gasteiger partial charge in [-0.1, -0.05) is 17.7 Å². The molecule has 1 amide bonds. The molecule has 1 N–H and O–H groups in total. The second kappa shape index (κ2) is 6.99.